The van der Waals surface area contributed by atoms with E-state index in [0.29, 0.717) is 5.56 Å². The smallest absolute Gasteiger partial charge is 0.264 e. The van der Waals surface area contributed by atoms with Crippen molar-refractivity contribution >= 4 is 10.1 Å². The Morgan fingerprint density at radius 3 is 2.44 bits per heavy atom. The van der Waals surface area contributed by atoms with E-state index in [1.54, 1.807) is 6.07 Å². The molecule has 2 unspecified atom stereocenters. The van der Waals surface area contributed by atoms with Gasteiger partial charge in [0, 0.05) is 12.0 Å². The van der Waals surface area contributed by atoms with Crippen molar-refractivity contribution in [2.24, 2.45) is 0 Å². The lowest BCUT2D eigenvalue weighted by Gasteiger charge is -2.31. The van der Waals surface area contributed by atoms with Crippen molar-refractivity contribution in [2.75, 3.05) is 12.8 Å². The highest BCUT2D eigenvalue weighted by atomic mass is 32.2. The first-order chi connectivity index (χ1) is 11.9. The topological polar surface area (TPSA) is 55.4 Å². The van der Waals surface area contributed by atoms with Gasteiger partial charge in [0.05, 0.1) is 6.26 Å². The molecule has 25 heavy (non-hydrogen) atoms. The monoisotopic (exact) mass is 363 g/mol. The van der Waals surface area contributed by atoms with Crippen molar-refractivity contribution in [3.8, 4) is 0 Å². The van der Waals surface area contributed by atoms with Crippen molar-refractivity contribution in [3.05, 3.63) is 71.5 Å². The van der Waals surface area contributed by atoms with Crippen molar-refractivity contribution in [2.45, 2.75) is 30.9 Å². The Balaban J connectivity index is 2.09. The van der Waals surface area contributed by atoms with Crippen LogP contribution in [0, 0.1) is 5.82 Å². The largest absolute Gasteiger partial charge is 0.311 e. The number of nitrogens with one attached hydrogen (secondary N) is 1. The lowest BCUT2D eigenvalue weighted by molar-refractivity contribution is 0.153. The average molecular weight is 363 g/mol. The molecule has 134 valence electrons. The van der Waals surface area contributed by atoms with E-state index < -0.39 is 16.2 Å². The van der Waals surface area contributed by atoms with Crippen LogP contribution in [-0.4, -0.2) is 33.4 Å². The molecule has 0 saturated carbocycles. The minimum Gasteiger partial charge on any atom is -0.311 e. The standard InChI is InChI=1S/C19H22FNO3S/c1-25(22,23)24-19(17-11-6-12-21-17)18(14-7-3-2-4-8-14)15-9-5-10-16(20)13-15/h2-5,7-10,13,17-19,21H,6,11-12H2,1H3/t17-,18?,19?/m1/s1. The Morgan fingerprint density at radius 2 is 1.84 bits per heavy atom. The Kier molecular flexibility index (Phi) is 5.51. The van der Waals surface area contributed by atoms with E-state index in [1.807, 2.05) is 36.4 Å². The number of rotatable bonds is 6. The van der Waals surface area contributed by atoms with Crippen LogP contribution in [0.5, 0.6) is 0 Å². The number of hydrogen-bond acceptors (Lipinski definition) is 4. The van der Waals surface area contributed by atoms with E-state index in [9.17, 15) is 12.8 Å². The molecule has 1 fully saturated rings. The third-order valence-electron chi connectivity index (χ3n) is 4.48. The molecule has 1 aliphatic rings. The molecule has 0 radical (unpaired) electrons. The van der Waals surface area contributed by atoms with Gasteiger partial charge in [0.2, 0.25) is 0 Å². The average Bonchev–Trinajstić information content (AvgIpc) is 3.08. The van der Waals surface area contributed by atoms with Crippen LogP contribution in [0.25, 0.3) is 0 Å². The van der Waals surface area contributed by atoms with Gasteiger partial charge in [-0.05, 0) is 42.6 Å². The summed E-state index contributed by atoms with van der Waals surface area (Å²) in [5.41, 5.74) is 1.60. The Morgan fingerprint density at radius 1 is 1.12 bits per heavy atom. The summed E-state index contributed by atoms with van der Waals surface area (Å²) in [6.07, 6.45) is 2.20. The van der Waals surface area contributed by atoms with Crippen LogP contribution in [0.4, 0.5) is 4.39 Å². The van der Waals surface area contributed by atoms with Gasteiger partial charge in [0.15, 0.2) is 0 Å². The summed E-state index contributed by atoms with van der Waals surface area (Å²) < 4.78 is 43.2. The summed E-state index contributed by atoms with van der Waals surface area (Å²) in [6, 6.07) is 15.7. The van der Waals surface area contributed by atoms with E-state index in [0.717, 1.165) is 31.2 Å². The third kappa shape index (κ3) is 4.66. The summed E-state index contributed by atoms with van der Waals surface area (Å²) in [5, 5.41) is 3.33. The summed E-state index contributed by atoms with van der Waals surface area (Å²) in [6.45, 7) is 0.818. The van der Waals surface area contributed by atoms with Gasteiger partial charge in [-0.15, -0.1) is 0 Å². The van der Waals surface area contributed by atoms with Gasteiger partial charge >= 0.3 is 0 Å². The van der Waals surface area contributed by atoms with Crippen LogP contribution in [0.2, 0.25) is 0 Å². The van der Waals surface area contributed by atoms with Gasteiger partial charge in [-0.25, -0.2) is 4.39 Å². The zero-order valence-electron chi connectivity index (χ0n) is 14.1. The van der Waals surface area contributed by atoms with Crippen LogP contribution in [0.1, 0.15) is 29.9 Å². The van der Waals surface area contributed by atoms with Crippen molar-refractivity contribution < 1.29 is 17.0 Å². The molecule has 0 amide bonds. The minimum atomic E-state index is -3.67. The van der Waals surface area contributed by atoms with Crippen molar-refractivity contribution in [3.63, 3.8) is 0 Å². The molecule has 0 bridgehead atoms. The molecule has 1 N–H and O–H groups in total. The first kappa shape index (κ1) is 18.0. The third-order valence-corrected chi connectivity index (χ3v) is 5.05. The van der Waals surface area contributed by atoms with Gasteiger partial charge in [-0.3, -0.25) is 4.18 Å². The second-order valence-corrected chi connectivity index (χ2v) is 8.01. The number of benzene rings is 2. The predicted molar refractivity (Wildman–Crippen MR) is 95.4 cm³/mol. The van der Waals surface area contributed by atoms with Crippen LogP contribution < -0.4 is 5.32 Å². The first-order valence-electron chi connectivity index (χ1n) is 8.36. The zero-order valence-corrected chi connectivity index (χ0v) is 14.9. The predicted octanol–water partition coefficient (Wildman–Crippen LogP) is 3.05. The molecule has 1 heterocycles. The maximum absolute atomic E-state index is 13.8. The summed E-state index contributed by atoms with van der Waals surface area (Å²) in [4.78, 5) is 0. The van der Waals surface area contributed by atoms with E-state index >= 15 is 0 Å². The molecule has 2 aromatic rings. The van der Waals surface area contributed by atoms with Crippen LogP contribution in [0.15, 0.2) is 54.6 Å². The summed E-state index contributed by atoms with van der Waals surface area (Å²) in [5.74, 6) is -0.738. The fourth-order valence-electron chi connectivity index (χ4n) is 3.48. The van der Waals surface area contributed by atoms with E-state index in [1.165, 1.54) is 12.1 Å². The highest BCUT2D eigenvalue weighted by Gasteiger charge is 2.36. The number of hydrogen-bond donors (Lipinski definition) is 1. The Bertz CT molecular complexity index is 804. The molecule has 3 atom stereocenters. The fraction of sp³-hybridized carbons (Fsp3) is 0.368. The zero-order chi connectivity index (χ0) is 17.9. The Hall–Kier alpha value is -1.76. The molecule has 3 rings (SSSR count). The van der Waals surface area contributed by atoms with Gasteiger partial charge in [0.1, 0.15) is 11.9 Å². The van der Waals surface area contributed by atoms with Crippen LogP contribution in [-0.2, 0) is 14.3 Å². The van der Waals surface area contributed by atoms with Gasteiger partial charge in [-0.2, -0.15) is 8.42 Å². The fourth-order valence-corrected chi connectivity index (χ4v) is 4.13. The lowest BCUT2D eigenvalue weighted by atomic mass is 9.83. The molecule has 6 heteroatoms. The lowest BCUT2D eigenvalue weighted by Crippen LogP contribution is -2.42. The van der Waals surface area contributed by atoms with E-state index in [-0.39, 0.29) is 17.8 Å². The van der Waals surface area contributed by atoms with E-state index in [4.69, 9.17) is 4.18 Å². The van der Waals surface area contributed by atoms with E-state index in [2.05, 4.69) is 5.32 Å². The molecule has 0 aromatic heterocycles. The molecular weight excluding hydrogens is 341 g/mol. The highest BCUT2D eigenvalue weighted by molar-refractivity contribution is 7.86. The first-order valence-corrected chi connectivity index (χ1v) is 10.2. The maximum Gasteiger partial charge on any atom is 0.264 e. The number of halogens is 1. The Labute approximate surface area is 148 Å². The highest BCUT2D eigenvalue weighted by Crippen LogP contribution is 2.34. The van der Waals surface area contributed by atoms with Gasteiger partial charge < -0.3 is 5.32 Å². The SMILES string of the molecule is CS(=O)(=O)OC(C(c1ccccc1)c1cccc(F)c1)[C@H]1CCCN1. The molecule has 2 aromatic carbocycles. The normalized spacial score (nSPS) is 20.3. The second kappa shape index (κ2) is 7.64. The maximum atomic E-state index is 13.8. The second-order valence-electron chi connectivity index (χ2n) is 6.41. The minimum absolute atomic E-state index is 0.108. The van der Waals surface area contributed by atoms with Gasteiger partial charge in [-0.1, -0.05) is 42.5 Å². The van der Waals surface area contributed by atoms with Crippen LogP contribution >= 0.6 is 0 Å². The molecular formula is C19H22FNO3S. The van der Waals surface area contributed by atoms with Crippen LogP contribution in [0.3, 0.4) is 0 Å². The van der Waals surface area contributed by atoms with Crippen molar-refractivity contribution in [1.82, 2.24) is 5.32 Å². The molecule has 0 spiro atoms. The van der Waals surface area contributed by atoms with Crippen molar-refractivity contribution in [1.29, 1.82) is 0 Å². The summed E-state index contributed by atoms with van der Waals surface area (Å²) in [7, 11) is -3.67. The molecule has 4 nitrogen and oxygen atoms in total. The molecule has 0 aliphatic carbocycles. The van der Waals surface area contributed by atoms with Gasteiger partial charge in [0.25, 0.3) is 10.1 Å². The molecule has 1 saturated heterocycles. The molecule has 1 aliphatic heterocycles. The summed E-state index contributed by atoms with van der Waals surface area (Å²) >= 11 is 0. The quantitative estimate of drug-likeness (QED) is 0.802.